The first kappa shape index (κ1) is 9.97. The van der Waals surface area contributed by atoms with Gasteiger partial charge in [0.2, 0.25) is 0 Å². The first-order chi connectivity index (χ1) is 6.68. The van der Waals surface area contributed by atoms with Gasteiger partial charge in [-0.2, -0.15) is 0 Å². The fraction of sp³-hybridized carbons (Fsp3) is 0.909. The van der Waals surface area contributed by atoms with Gasteiger partial charge < -0.3 is 10.4 Å². The Morgan fingerprint density at radius 1 is 1.36 bits per heavy atom. The van der Waals surface area contributed by atoms with Gasteiger partial charge in [-0.3, -0.25) is 4.79 Å². The molecule has 1 saturated carbocycles. The Morgan fingerprint density at radius 3 is 2.86 bits per heavy atom. The zero-order valence-electron chi connectivity index (χ0n) is 8.70. The molecule has 2 fully saturated rings. The van der Waals surface area contributed by atoms with Gasteiger partial charge in [-0.1, -0.05) is 13.3 Å². The summed E-state index contributed by atoms with van der Waals surface area (Å²) in [4.78, 5) is 11.1. The Morgan fingerprint density at radius 2 is 2.14 bits per heavy atom. The number of piperidine rings is 1. The van der Waals surface area contributed by atoms with Gasteiger partial charge in [-0.25, -0.2) is 0 Å². The van der Waals surface area contributed by atoms with Crippen molar-refractivity contribution >= 4 is 5.97 Å². The molecule has 2 rings (SSSR count). The fourth-order valence-corrected chi connectivity index (χ4v) is 3.13. The third-order valence-electron chi connectivity index (χ3n) is 3.91. The van der Waals surface area contributed by atoms with Crippen LogP contribution in [0.2, 0.25) is 0 Å². The summed E-state index contributed by atoms with van der Waals surface area (Å²) in [5, 5.41) is 12.4. The minimum Gasteiger partial charge on any atom is -0.481 e. The van der Waals surface area contributed by atoms with Crippen LogP contribution in [0.15, 0.2) is 0 Å². The number of aliphatic carboxylic acids is 1. The van der Waals surface area contributed by atoms with Crippen LogP contribution >= 0.6 is 0 Å². The summed E-state index contributed by atoms with van der Waals surface area (Å²) >= 11 is 0. The minimum absolute atomic E-state index is 0.138. The van der Waals surface area contributed by atoms with Gasteiger partial charge in [0, 0.05) is 6.54 Å². The number of hydrogen-bond donors (Lipinski definition) is 2. The van der Waals surface area contributed by atoms with E-state index in [0.29, 0.717) is 18.4 Å². The van der Waals surface area contributed by atoms with Crippen molar-refractivity contribution in [1.29, 1.82) is 0 Å². The number of hydrogen-bond acceptors (Lipinski definition) is 2. The monoisotopic (exact) mass is 197 g/mol. The Kier molecular flexibility index (Phi) is 2.77. The van der Waals surface area contributed by atoms with E-state index in [0.717, 1.165) is 18.9 Å². The second-order valence-electron chi connectivity index (χ2n) is 4.95. The average Bonchev–Trinajstić information content (AvgIpc) is 2.16. The van der Waals surface area contributed by atoms with E-state index in [9.17, 15) is 4.79 Å². The maximum atomic E-state index is 11.1. The Balaban J connectivity index is 2.06. The fourth-order valence-electron chi connectivity index (χ4n) is 3.13. The third kappa shape index (κ3) is 1.78. The molecule has 0 aromatic heterocycles. The molecule has 2 N–H and O–H groups in total. The molecule has 1 aliphatic heterocycles. The van der Waals surface area contributed by atoms with E-state index in [2.05, 4.69) is 12.2 Å². The average molecular weight is 197 g/mol. The van der Waals surface area contributed by atoms with E-state index in [-0.39, 0.29) is 5.92 Å². The van der Waals surface area contributed by atoms with Crippen LogP contribution < -0.4 is 5.32 Å². The molecule has 0 bridgehead atoms. The molecular formula is C11H19NO2. The zero-order valence-corrected chi connectivity index (χ0v) is 8.70. The van der Waals surface area contributed by atoms with Crippen LogP contribution in [0, 0.1) is 23.7 Å². The van der Waals surface area contributed by atoms with E-state index in [1.807, 2.05) is 0 Å². The summed E-state index contributed by atoms with van der Waals surface area (Å²) in [5.41, 5.74) is 0. The number of fused-ring (bicyclic) bond motifs is 1. The number of carboxylic acid groups (broad SMARTS) is 1. The lowest BCUT2D eigenvalue weighted by molar-refractivity contribution is -0.146. The van der Waals surface area contributed by atoms with Crippen LogP contribution in [0.4, 0.5) is 0 Å². The Bertz CT molecular complexity index is 229. The lowest BCUT2D eigenvalue weighted by Crippen LogP contribution is -2.48. The molecule has 1 aliphatic carbocycles. The SMILES string of the molecule is CC1CCC2C(CNCC2C(=O)O)C1. The molecular weight excluding hydrogens is 178 g/mol. The van der Waals surface area contributed by atoms with Gasteiger partial charge in [0.05, 0.1) is 5.92 Å². The molecule has 0 aromatic rings. The summed E-state index contributed by atoms with van der Waals surface area (Å²) in [7, 11) is 0. The molecule has 0 spiro atoms. The molecule has 3 heteroatoms. The van der Waals surface area contributed by atoms with Gasteiger partial charge >= 0.3 is 5.97 Å². The van der Waals surface area contributed by atoms with Crippen LogP contribution in [-0.4, -0.2) is 24.2 Å². The van der Waals surface area contributed by atoms with Crippen molar-refractivity contribution in [1.82, 2.24) is 5.32 Å². The van der Waals surface area contributed by atoms with E-state index >= 15 is 0 Å². The molecule has 4 atom stereocenters. The van der Waals surface area contributed by atoms with E-state index in [4.69, 9.17) is 5.11 Å². The van der Waals surface area contributed by atoms with Crippen LogP contribution in [0.25, 0.3) is 0 Å². The highest BCUT2D eigenvalue weighted by molar-refractivity contribution is 5.70. The van der Waals surface area contributed by atoms with Gasteiger partial charge in [0.25, 0.3) is 0 Å². The Labute approximate surface area is 84.9 Å². The van der Waals surface area contributed by atoms with Gasteiger partial charge in [0.15, 0.2) is 0 Å². The molecule has 4 unspecified atom stereocenters. The van der Waals surface area contributed by atoms with Crippen molar-refractivity contribution in [2.75, 3.05) is 13.1 Å². The van der Waals surface area contributed by atoms with Crippen molar-refractivity contribution in [2.45, 2.75) is 26.2 Å². The molecule has 0 radical (unpaired) electrons. The topological polar surface area (TPSA) is 49.3 Å². The molecule has 2 aliphatic rings. The van der Waals surface area contributed by atoms with E-state index < -0.39 is 5.97 Å². The summed E-state index contributed by atoms with van der Waals surface area (Å²) in [6, 6.07) is 0. The normalized spacial score (nSPS) is 42.9. The van der Waals surface area contributed by atoms with Crippen molar-refractivity contribution < 1.29 is 9.90 Å². The number of rotatable bonds is 1. The molecule has 1 saturated heterocycles. The highest BCUT2D eigenvalue weighted by Crippen LogP contribution is 2.39. The quantitative estimate of drug-likeness (QED) is 0.667. The van der Waals surface area contributed by atoms with Crippen molar-refractivity contribution in [3.8, 4) is 0 Å². The minimum atomic E-state index is -0.609. The summed E-state index contributed by atoms with van der Waals surface area (Å²) in [6.07, 6.45) is 3.54. The first-order valence-corrected chi connectivity index (χ1v) is 5.62. The Hall–Kier alpha value is -0.570. The number of carbonyl (C=O) groups is 1. The molecule has 0 amide bonds. The molecule has 1 heterocycles. The van der Waals surface area contributed by atoms with Crippen molar-refractivity contribution in [3.63, 3.8) is 0 Å². The van der Waals surface area contributed by atoms with Crippen molar-refractivity contribution in [3.05, 3.63) is 0 Å². The predicted molar refractivity (Wildman–Crippen MR) is 54.0 cm³/mol. The van der Waals surface area contributed by atoms with Crippen LogP contribution in [0.1, 0.15) is 26.2 Å². The van der Waals surface area contributed by atoms with E-state index in [1.54, 1.807) is 0 Å². The molecule has 3 nitrogen and oxygen atoms in total. The lowest BCUT2D eigenvalue weighted by Gasteiger charge is -2.42. The maximum Gasteiger partial charge on any atom is 0.308 e. The third-order valence-corrected chi connectivity index (χ3v) is 3.91. The van der Waals surface area contributed by atoms with Crippen molar-refractivity contribution in [2.24, 2.45) is 23.7 Å². The zero-order chi connectivity index (χ0) is 10.1. The highest BCUT2D eigenvalue weighted by Gasteiger charge is 2.39. The summed E-state index contributed by atoms with van der Waals surface area (Å²) in [5.74, 6) is 1.08. The molecule has 14 heavy (non-hydrogen) atoms. The second-order valence-corrected chi connectivity index (χ2v) is 4.95. The van der Waals surface area contributed by atoms with Crippen LogP contribution in [-0.2, 0) is 4.79 Å². The molecule has 80 valence electrons. The largest absolute Gasteiger partial charge is 0.481 e. The van der Waals surface area contributed by atoms with Crippen LogP contribution in [0.5, 0.6) is 0 Å². The lowest BCUT2D eigenvalue weighted by atomic mass is 9.67. The maximum absolute atomic E-state index is 11.1. The summed E-state index contributed by atoms with van der Waals surface area (Å²) in [6.45, 7) is 3.98. The van der Waals surface area contributed by atoms with Crippen LogP contribution in [0.3, 0.4) is 0 Å². The smallest absolute Gasteiger partial charge is 0.308 e. The van der Waals surface area contributed by atoms with Gasteiger partial charge in [-0.15, -0.1) is 0 Å². The summed E-state index contributed by atoms with van der Waals surface area (Å²) < 4.78 is 0. The second kappa shape index (κ2) is 3.89. The predicted octanol–water partition coefficient (Wildman–Crippen LogP) is 1.34. The number of nitrogens with one attached hydrogen (secondary N) is 1. The number of carboxylic acids is 1. The van der Waals surface area contributed by atoms with E-state index in [1.165, 1.54) is 12.8 Å². The highest BCUT2D eigenvalue weighted by atomic mass is 16.4. The first-order valence-electron chi connectivity index (χ1n) is 5.62. The van der Waals surface area contributed by atoms with Gasteiger partial charge in [-0.05, 0) is 37.1 Å². The standard InChI is InChI=1S/C11H19NO2/c1-7-2-3-9-8(4-7)5-12-6-10(9)11(13)14/h7-10,12H,2-6H2,1H3,(H,13,14). The molecule has 0 aromatic carbocycles. The van der Waals surface area contributed by atoms with Gasteiger partial charge in [0.1, 0.15) is 0 Å².